The van der Waals surface area contributed by atoms with Crippen molar-refractivity contribution in [3.8, 4) is 0 Å². The summed E-state index contributed by atoms with van der Waals surface area (Å²) in [6.45, 7) is 9.61. The first-order chi connectivity index (χ1) is 11.7. The van der Waals surface area contributed by atoms with Crippen LogP contribution in [0.4, 0.5) is 0 Å². The Labute approximate surface area is 151 Å². The van der Waals surface area contributed by atoms with Crippen LogP contribution >= 0.6 is 0 Å². The maximum absolute atomic E-state index is 12.4. The lowest BCUT2D eigenvalue weighted by molar-refractivity contribution is -0.199. The summed E-state index contributed by atoms with van der Waals surface area (Å²) >= 11 is 0. The molecule has 0 radical (unpaired) electrons. The van der Waals surface area contributed by atoms with Gasteiger partial charge in [-0.25, -0.2) is 4.79 Å². The molecule has 0 aromatic carbocycles. The second-order valence-electron chi connectivity index (χ2n) is 9.20. The van der Waals surface area contributed by atoms with Crippen LogP contribution in [0, 0.1) is 23.2 Å². The molecule has 0 heterocycles. The second-order valence-corrected chi connectivity index (χ2v) is 9.20. The van der Waals surface area contributed by atoms with Gasteiger partial charge in [-0.3, -0.25) is 4.79 Å². The predicted molar refractivity (Wildman–Crippen MR) is 95.8 cm³/mol. The van der Waals surface area contributed by atoms with Crippen LogP contribution in [0.3, 0.4) is 0 Å². The smallest absolute Gasteiger partial charge is 0.333 e. The van der Waals surface area contributed by atoms with Crippen LogP contribution in [-0.2, 0) is 19.1 Å². The van der Waals surface area contributed by atoms with Gasteiger partial charge in [-0.05, 0) is 83.5 Å². The molecule has 0 saturated heterocycles. The zero-order valence-electron chi connectivity index (χ0n) is 15.9. The van der Waals surface area contributed by atoms with Crippen molar-refractivity contribution in [1.82, 2.24) is 0 Å². The Morgan fingerprint density at radius 3 is 2.08 bits per heavy atom. The van der Waals surface area contributed by atoms with Gasteiger partial charge in [0.25, 0.3) is 0 Å². The number of esters is 2. The Balaban J connectivity index is 1.50. The van der Waals surface area contributed by atoms with Gasteiger partial charge in [0.05, 0.1) is 6.61 Å². The first-order valence-electron chi connectivity index (χ1n) is 9.75. The van der Waals surface area contributed by atoms with Crippen molar-refractivity contribution in [2.24, 2.45) is 23.2 Å². The Hall–Kier alpha value is -1.32. The lowest BCUT2D eigenvalue weighted by Crippen LogP contribution is -2.57. The fraction of sp³-hybridized carbons (Fsp3) is 0.810. The highest BCUT2D eigenvalue weighted by Crippen LogP contribution is 2.64. The number of rotatable bonds is 7. The van der Waals surface area contributed by atoms with E-state index in [9.17, 15) is 9.59 Å². The van der Waals surface area contributed by atoms with Crippen molar-refractivity contribution in [2.75, 3.05) is 6.61 Å². The molecule has 0 aliphatic heterocycles. The van der Waals surface area contributed by atoms with Gasteiger partial charge in [0.1, 0.15) is 5.60 Å². The van der Waals surface area contributed by atoms with Gasteiger partial charge in [-0.2, -0.15) is 0 Å². The van der Waals surface area contributed by atoms with Gasteiger partial charge in [0.15, 0.2) is 0 Å². The minimum atomic E-state index is -0.408. The minimum absolute atomic E-state index is 0.170. The van der Waals surface area contributed by atoms with Gasteiger partial charge in [-0.15, -0.1) is 0 Å². The van der Waals surface area contributed by atoms with Crippen molar-refractivity contribution in [2.45, 2.75) is 77.7 Å². The Kier molecular flexibility index (Phi) is 5.00. The molecule has 0 amide bonds. The SMILES string of the molecule is C=C(C)C(=O)OCCCC(=O)OC(C)(C)C12CC3CC(CC(C3)C1)C2. The van der Waals surface area contributed by atoms with Crippen LogP contribution in [0.2, 0.25) is 0 Å². The third kappa shape index (κ3) is 3.78. The van der Waals surface area contributed by atoms with Crippen molar-refractivity contribution in [3.63, 3.8) is 0 Å². The predicted octanol–water partition coefficient (Wildman–Crippen LogP) is 4.42. The normalized spacial score (nSPS) is 33.2. The molecule has 4 fully saturated rings. The minimum Gasteiger partial charge on any atom is -0.462 e. The molecule has 4 nitrogen and oxygen atoms in total. The molecule has 4 saturated carbocycles. The molecule has 0 atom stereocenters. The van der Waals surface area contributed by atoms with E-state index in [1.807, 2.05) is 0 Å². The summed E-state index contributed by atoms with van der Waals surface area (Å²) in [6.07, 6.45) is 8.60. The van der Waals surface area contributed by atoms with E-state index in [0.29, 0.717) is 18.4 Å². The lowest BCUT2D eigenvalue weighted by atomic mass is 9.46. The summed E-state index contributed by atoms with van der Waals surface area (Å²) in [7, 11) is 0. The quantitative estimate of drug-likeness (QED) is 0.388. The monoisotopic (exact) mass is 348 g/mol. The van der Waals surface area contributed by atoms with Crippen LogP contribution < -0.4 is 0 Å². The summed E-state index contributed by atoms with van der Waals surface area (Å²) in [4.78, 5) is 23.7. The van der Waals surface area contributed by atoms with E-state index < -0.39 is 11.6 Å². The second kappa shape index (κ2) is 6.77. The molecule has 0 unspecified atom stereocenters. The summed E-state index contributed by atoms with van der Waals surface area (Å²) in [5, 5.41) is 0. The summed E-state index contributed by atoms with van der Waals surface area (Å²) in [5.74, 6) is 1.94. The lowest BCUT2D eigenvalue weighted by Gasteiger charge is -2.61. The molecule has 4 bridgehead atoms. The summed E-state index contributed by atoms with van der Waals surface area (Å²) in [6, 6.07) is 0. The van der Waals surface area contributed by atoms with Gasteiger partial charge in [-0.1, -0.05) is 6.58 Å². The topological polar surface area (TPSA) is 52.6 Å². The number of hydrogen-bond acceptors (Lipinski definition) is 4. The highest BCUT2D eigenvalue weighted by molar-refractivity contribution is 5.86. The summed E-state index contributed by atoms with van der Waals surface area (Å²) < 4.78 is 11.0. The maximum atomic E-state index is 12.4. The maximum Gasteiger partial charge on any atom is 0.333 e. The molecule has 0 N–H and O–H groups in total. The molecule has 140 valence electrons. The first-order valence-corrected chi connectivity index (χ1v) is 9.75. The number of ether oxygens (including phenoxy) is 2. The first kappa shape index (κ1) is 18.5. The van der Waals surface area contributed by atoms with Gasteiger partial charge >= 0.3 is 11.9 Å². The number of carbonyl (C=O) groups excluding carboxylic acids is 2. The molecule has 0 aromatic heterocycles. The Morgan fingerprint density at radius 2 is 1.60 bits per heavy atom. The zero-order chi connectivity index (χ0) is 18.2. The molecule has 4 aliphatic carbocycles. The van der Waals surface area contributed by atoms with Crippen LogP contribution in [0.5, 0.6) is 0 Å². The highest BCUT2D eigenvalue weighted by Gasteiger charge is 2.58. The van der Waals surface area contributed by atoms with E-state index in [-0.39, 0.29) is 18.0 Å². The van der Waals surface area contributed by atoms with Crippen molar-refractivity contribution in [3.05, 3.63) is 12.2 Å². The fourth-order valence-corrected chi connectivity index (χ4v) is 5.80. The third-order valence-corrected chi connectivity index (χ3v) is 6.79. The van der Waals surface area contributed by atoms with E-state index >= 15 is 0 Å². The average Bonchev–Trinajstić information content (AvgIpc) is 2.49. The van der Waals surface area contributed by atoms with Gasteiger partial charge in [0.2, 0.25) is 0 Å². The number of carbonyl (C=O) groups is 2. The van der Waals surface area contributed by atoms with Crippen LogP contribution in [-0.4, -0.2) is 24.1 Å². The fourth-order valence-electron chi connectivity index (χ4n) is 5.80. The molecular formula is C21H32O4. The van der Waals surface area contributed by atoms with Crippen LogP contribution in [0.15, 0.2) is 12.2 Å². The van der Waals surface area contributed by atoms with Crippen LogP contribution in [0.25, 0.3) is 0 Å². The number of hydrogen-bond donors (Lipinski definition) is 0. The van der Waals surface area contributed by atoms with E-state index in [1.54, 1.807) is 6.92 Å². The van der Waals surface area contributed by atoms with Crippen LogP contribution in [0.1, 0.15) is 72.1 Å². The van der Waals surface area contributed by atoms with E-state index in [2.05, 4.69) is 20.4 Å². The molecular weight excluding hydrogens is 316 g/mol. The van der Waals surface area contributed by atoms with Gasteiger partial charge < -0.3 is 9.47 Å². The molecule has 4 aliphatic rings. The zero-order valence-corrected chi connectivity index (χ0v) is 15.9. The van der Waals surface area contributed by atoms with Crippen molar-refractivity contribution in [1.29, 1.82) is 0 Å². The molecule has 4 rings (SSSR count). The Morgan fingerprint density at radius 1 is 1.08 bits per heavy atom. The van der Waals surface area contributed by atoms with E-state index in [4.69, 9.17) is 9.47 Å². The van der Waals surface area contributed by atoms with Crippen molar-refractivity contribution >= 4 is 11.9 Å². The Bertz CT molecular complexity index is 525. The largest absolute Gasteiger partial charge is 0.462 e. The molecule has 25 heavy (non-hydrogen) atoms. The van der Waals surface area contributed by atoms with E-state index in [1.165, 1.54) is 38.5 Å². The van der Waals surface area contributed by atoms with E-state index in [0.717, 1.165) is 17.8 Å². The highest BCUT2D eigenvalue weighted by atomic mass is 16.6. The van der Waals surface area contributed by atoms with Crippen molar-refractivity contribution < 1.29 is 19.1 Å². The van der Waals surface area contributed by atoms with Gasteiger partial charge in [0, 0.05) is 17.4 Å². The summed E-state index contributed by atoms with van der Waals surface area (Å²) in [5.41, 5.74) is 0.142. The molecule has 0 spiro atoms. The molecule has 0 aromatic rings. The average molecular weight is 348 g/mol. The standard InChI is InChI=1S/C21H32O4/c1-14(2)19(23)24-7-5-6-18(22)25-20(3,4)21-11-15-8-16(12-21)10-17(9-15)13-21/h15-17H,1,5-13H2,2-4H3. The molecule has 4 heteroatoms. The third-order valence-electron chi connectivity index (χ3n) is 6.79.